The van der Waals surface area contributed by atoms with E-state index in [1.165, 1.54) is 0 Å². The van der Waals surface area contributed by atoms with Gasteiger partial charge in [0.25, 0.3) is 0 Å². The zero-order chi connectivity index (χ0) is 12.0. The number of nitrogens with one attached hydrogen (secondary N) is 2. The van der Waals surface area contributed by atoms with Crippen LogP contribution in [0.25, 0.3) is 0 Å². The molecule has 0 aliphatic heterocycles. The maximum Gasteiger partial charge on any atom is 0.315 e. The van der Waals surface area contributed by atoms with E-state index >= 15 is 0 Å². The standard InChI is InChI=1S/C9H17N5O2/c1-6(2)12-5-8-13-14-9(16-8)11-4-3-7(10)15/h6,12H,3-5H2,1-2H3,(H2,10,15)(H,11,14). The molecule has 0 unspecified atom stereocenters. The highest BCUT2D eigenvalue weighted by Crippen LogP contribution is 2.04. The fourth-order valence-corrected chi connectivity index (χ4v) is 0.981. The fraction of sp³-hybridized carbons (Fsp3) is 0.667. The Balaban J connectivity index is 2.30. The maximum absolute atomic E-state index is 10.5. The summed E-state index contributed by atoms with van der Waals surface area (Å²) in [5.41, 5.74) is 4.99. The van der Waals surface area contributed by atoms with Crippen LogP contribution >= 0.6 is 0 Å². The number of hydrogen-bond acceptors (Lipinski definition) is 6. The molecule has 4 N–H and O–H groups in total. The van der Waals surface area contributed by atoms with Crippen molar-refractivity contribution in [2.75, 3.05) is 11.9 Å². The smallest absolute Gasteiger partial charge is 0.315 e. The Morgan fingerprint density at radius 2 is 2.25 bits per heavy atom. The van der Waals surface area contributed by atoms with Crippen LogP contribution in [0.3, 0.4) is 0 Å². The number of hydrogen-bond donors (Lipinski definition) is 3. The molecule has 1 heterocycles. The van der Waals surface area contributed by atoms with Crippen LogP contribution in [0.1, 0.15) is 26.2 Å². The third-order valence-corrected chi connectivity index (χ3v) is 1.78. The lowest BCUT2D eigenvalue weighted by molar-refractivity contribution is -0.117. The molecule has 1 aromatic heterocycles. The zero-order valence-electron chi connectivity index (χ0n) is 9.49. The van der Waals surface area contributed by atoms with Crippen molar-refractivity contribution < 1.29 is 9.21 Å². The third kappa shape index (κ3) is 4.74. The van der Waals surface area contributed by atoms with E-state index < -0.39 is 0 Å². The zero-order valence-corrected chi connectivity index (χ0v) is 9.49. The highest BCUT2D eigenvalue weighted by Gasteiger charge is 2.05. The number of amides is 1. The predicted molar refractivity (Wildman–Crippen MR) is 58.6 cm³/mol. The molecule has 7 heteroatoms. The average molecular weight is 227 g/mol. The molecule has 0 saturated heterocycles. The quantitative estimate of drug-likeness (QED) is 0.598. The largest absolute Gasteiger partial charge is 0.407 e. The molecule has 0 spiro atoms. The molecule has 0 atom stereocenters. The lowest BCUT2D eigenvalue weighted by Gasteiger charge is -2.03. The van der Waals surface area contributed by atoms with Crippen LogP contribution in [0.15, 0.2) is 4.42 Å². The number of anilines is 1. The highest BCUT2D eigenvalue weighted by atomic mass is 16.4. The molecule has 0 aliphatic rings. The summed E-state index contributed by atoms with van der Waals surface area (Å²) in [5, 5.41) is 13.6. The molecule has 0 radical (unpaired) electrons. The van der Waals surface area contributed by atoms with Gasteiger partial charge in [-0.15, -0.1) is 5.10 Å². The molecule has 0 saturated carbocycles. The summed E-state index contributed by atoms with van der Waals surface area (Å²) in [6.45, 7) is 4.99. The van der Waals surface area contributed by atoms with Gasteiger partial charge in [-0.3, -0.25) is 4.79 Å². The normalized spacial score (nSPS) is 10.7. The van der Waals surface area contributed by atoms with Crippen molar-refractivity contribution in [3.05, 3.63) is 5.89 Å². The van der Waals surface area contributed by atoms with Gasteiger partial charge in [0, 0.05) is 19.0 Å². The molecule has 1 amide bonds. The molecule has 1 aromatic rings. The van der Waals surface area contributed by atoms with Crippen molar-refractivity contribution in [3.8, 4) is 0 Å². The van der Waals surface area contributed by atoms with E-state index in [1.807, 2.05) is 13.8 Å². The minimum absolute atomic E-state index is 0.238. The molecular weight excluding hydrogens is 210 g/mol. The van der Waals surface area contributed by atoms with E-state index in [0.29, 0.717) is 31.0 Å². The fourth-order valence-electron chi connectivity index (χ4n) is 0.981. The number of aromatic nitrogens is 2. The van der Waals surface area contributed by atoms with Crippen LogP contribution in [0.5, 0.6) is 0 Å². The second kappa shape index (κ2) is 6.06. The van der Waals surface area contributed by atoms with Crippen LogP contribution in [0.2, 0.25) is 0 Å². The van der Waals surface area contributed by atoms with E-state index in [-0.39, 0.29) is 12.3 Å². The summed E-state index contributed by atoms with van der Waals surface area (Å²) in [4.78, 5) is 10.5. The first-order chi connectivity index (χ1) is 7.58. The van der Waals surface area contributed by atoms with Crippen LogP contribution < -0.4 is 16.4 Å². The molecule has 16 heavy (non-hydrogen) atoms. The Hall–Kier alpha value is -1.63. The minimum atomic E-state index is -0.367. The first-order valence-corrected chi connectivity index (χ1v) is 5.16. The maximum atomic E-state index is 10.5. The van der Waals surface area contributed by atoms with E-state index in [4.69, 9.17) is 10.2 Å². The number of nitrogens with two attached hydrogens (primary N) is 1. The van der Waals surface area contributed by atoms with Gasteiger partial charge in [-0.1, -0.05) is 18.9 Å². The molecule has 0 aromatic carbocycles. The van der Waals surface area contributed by atoms with Gasteiger partial charge in [0.2, 0.25) is 11.8 Å². The van der Waals surface area contributed by atoms with Gasteiger partial charge in [-0.2, -0.15) is 0 Å². The van der Waals surface area contributed by atoms with E-state index in [9.17, 15) is 4.79 Å². The van der Waals surface area contributed by atoms with E-state index in [0.717, 1.165) is 0 Å². The lowest BCUT2D eigenvalue weighted by Crippen LogP contribution is -2.21. The van der Waals surface area contributed by atoms with Gasteiger partial charge in [-0.25, -0.2) is 0 Å². The minimum Gasteiger partial charge on any atom is -0.407 e. The van der Waals surface area contributed by atoms with Crippen LogP contribution in [-0.4, -0.2) is 28.7 Å². The van der Waals surface area contributed by atoms with Crippen molar-refractivity contribution in [2.24, 2.45) is 5.73 Å². The second-order valence-corrected chi connectivity index (χ2v) is 3.68. The summed E-state index contributed by atoms with van der Waals surface area (Å²) in [7, 11) is 0. The van der Waals surface area contributed by atoms with Crippen molar-refractivity contribution in [1.29, 1.82) is 0 Å². The summed E-state index contributed by atoms with van der Waals surface area (Å²) >= 11 is 0. The SMILES string of the molecule is CC(C)NCc1nnc(NCCC(N)=O)o1. The Bertz CT molecular complexity index is 336. The topological polar surface area (TPSA) is 106 Å². The Morgan fingerprint density at radius 3 is 2.88 bits per heavy atom. The summed E-state index contributed by atoms with van der Waals surface area (Å²) in [6.07, 6.45) is 0.238. The van der Waals surface area contributed by atoms with Gasteiger partial charge in [-0.05, 0) is 0 Å². The van der Waals surface area contributed by atoms with Crippen LogP contribution in [-0.2, 0) is 11.3 Å². The number of nitrogens with zero attached hydrogens (tertiary/aromatic N) is 2. The summed E-state index contributed by atoms with van der Waals surface area (Å²) in [6, 6.07) is 0.667. The molecule has 1 rings (SSSR count). The van der Waals surface area contributed by atoms with E-state index in [1.54, 1.807) is 0 Å². The number of rotatable bonds is 7. The monoisotopic (exact) mass is 227 g/mol. The molecule has 7 nitrogen and oxygen atoms in total. The lowest BCUT2D eigenvalue weighted by atomic mass is 10.4. The Kier molecular flexibility index (Phi) is 4.71. The molecular formula is C9H17N5O2. The predicted octanol–water partition coefficient (Wildman–Crippen LogP) is -0.145. The van der Waals surface area contributed by atoms with Gasteiger partial charge >= 0.3 is 6.01 Å². The average Bonchev–Trinajstić information content (AvgIpc) is 2.62. The van der Waals surface area contributed by atoms with Crippen molar-refractivity contribution in [1.82, 2.24) is 15.5 Å². The first kappa shape index (κ1) is 12.4. The number of carbonyl (C=O) groups excluding carboxylic acids is 1. The third-order valence-electron chi connectivity index (χ3n) is 1.78. The molecule has 90 valence electrons. The molecule has 0 aliphatic carbocycles. The van der Waals surface area contributed by atoms with Gasteiger partial charge in [0.05, 0.1) is 6.54 Å². The van der Waals surface area contributed by atoms with Crippen molar-refractivity contribution in [2.45, 2.75) is 32.9 Å². The van der Waals surface area contributed by atoms with Crippen LogP contribution in [0, 0.1) is 0 Å². The summed E-state index contributed by atoms with van der Waals surface area (Å²) in [5.74, 6) is 0.143. The van der Waals surface area contributed by atoms with Crippen molar-refractivity contribution in [3.63, 3.8) is 0 Å². The Labute approximate surface area is 93.8 Å². The van der Waals surface area contributed by atoms with Gasteiger partial charge in [0.15, 0.2) is 0 Å². The van der Waals surface area contributed by atoms with Crippen molar-refractivity contribution >= 4 is 11.9 Å². The number of primary amides is 1. The second-order valence-electron chi connectivity index (χ2n) is 3.68. The van der Waals surface area contributed by atoms with Gasteiger partial charge in [0.1, 0.15) is 0 Å². The number of carbonyl (C=O) groups is 1. The first-order valence-electron chi connectivity index (χ1n) is 5.16. The van der Waals surface area contributed by atoms with E-state index in [2.05, 4.69) is 20.8 Å². The van der Waals surface area contributed by atoms with Gasteiger partial charge < -0.3 is 20.8 Å². The van der Waals surface area contributed by atoms with Crippen LogP contribution in [0.4, 0.5) is 6.01 Å². The highest BCUT2D eigenvalue weighted by molar-refractivity contribution is 5.74. The Morgan fingerprint density at radius 1 is 1.50 bits per heavy atom. The molecule has 0 fully saturated rings. The molecule has 0 bridgehead atoms. The summed E-state index contributed by atoms with van der Waals surface area (Å²) < 4.78 is 5.27.